The number of nitrogens with one attached hydrogen (secondary N) is 2. The van der Waals surface area contributed by atoms with E-state index in [1.54, 1.807) is 0 Å². The molecule has 2 N–H and O–H groups in total. The van der Waals surface area contributed by atoms with Crippen LogP contribution >= 0.6 is 0 Å². The topological polar surface area (TPSA) is 59.1 Å². The van der Waals surface area contributed by atoms with Crippen molar-refractivity contribution in [2.75, 3.05) is 36.9 Å². The summed E-state index contributed by atoms with van der Waals surface area (Å²) < 4.78 is 5.29. The summed E-state index contributed by atoms with van der Waals surface area (Å²) in [5.74, 6) is 1.57. The van der Waals surface area contributed by atoms with Gasteiger partial charge in [-0.3, -0.25) is 0 Å². The van der Waals surface area contributed by atoms with E-state index in [9.17, 15) is 0 Å². The maximum Gasteiger partial charge on any atom is 0.224 e. The number of ether oxygens (including phenoxy) is 1. The minimum absolute atomic E-state index is 0.698. The molecule has 0 unspecified atom stereocenters. The highest BCUT2D eigenvalue weighted by atomic mass is 16.5. The average molecular weight is 252 g/mol. The third kappa shape index (κ3) is 5.82. The molecule has 0 atom stereocenters. The zero-order valence-corrected chi connectivity index (χ0v) is 11.6. The first kappa shape index (κ1) is 14.7. The molecule has 1 rings (SSSR count). The second-order valence-electron chi connectivity index (χ2n) is 4.12. The van der Waals surface area contributed by atoms with Crippen LogP contribution in [0.4, 0.5) is 11.8 Å². The van der Waals surface area contributed by atoms with E-state index in [1.165, 1.54) is 0 Å². The number of rotatable bonds is 9. The van der Waals surface area contributed by atoms with Gasteiger partial charge in [-0.05, 0) is 26.7 Å². The van der Waals surface area contributed by atoms with Crippen LogP contribution in [0.2, 0.25) is 0 Å². The van der Waals surface area contributed by atoms with Gasteiger partial charge in [0.25, 0.3) is 0 Å². The Morgan fingerprint density at radius 3 is 2.72 bits per heavy atom. The first-order valence-corrected chi connectivity index (χ1v) is 6.67. The smallest absolute Gasteiger partial charge is 0.224 e. The Morgan fingerprint density at radius 1 is 1.17 bits per heavy atom. The predicted molar refractivity (Wildman–Crippen MR) is 75.1 cm³/mol. The summed E-state index contributed by atoms with van der Waals surface area (Å²) in [6.07, 6.45) is 2.04. The van der Waals surface area contributed by atoms with Gasteiger partial charge in [0.2, 0.25) is 5.95 Å². The van der Waals surface area contributed by atoms with Gasteiger partial charge in [-0.15, -0.1) is 0 Å². The zero-order chi connectivity index (χ0) is 13.2. The third-order valence-corrected chi connectivity index (χ3v) is 2.36. The molecule has 1 aromatic rings. The molecule has 5 heteroatoms. The maximum atomic E-state index is 5.29. The van der Waals surface area contributed by atoms with Gasteiger partial charge in [0.1, 0.15) is 5.82 Å². The standard InChI is InChI=1S/C13H24N4O/c1-4-7-15-13-16-11(3)10-12(17-13)14-8-6-9-18-5-2/h10H,4-9H2,1-3H3,(H2,14,15,16,17). The van der Waals surface area contributed by atoms with Crippen molar-refractivity contribution in [3.05, 3.63) is 11.8 Å². The average Bonchev–Trinajstić information content (AvgIpc) is 2.35. The molecule has 0 aliphatic heterocycles. The van der Waals surface area contributed by atoms with Crippen LogP contribution in [0.1, 0.15) is 32.4 Å². The molecule has 1 aromatic heterocycles. The van der Waals surface area contributed by atoms with E-state index >= 15 is 0 Å². The quantitative estimate of drug-likeness (QED) is 0.661. The van der Waals surface area contributed by atoms with Crippen LogP contribution in [0.15, 0.2) is 6.07 Å². The Morgan fingerprint density at radius 2 is 2.00 bits per heavy atom. The lowest BCUT2D eigenvalue weighted by Crippen LogP contribution is -2.10. The number of aromatic nitrogens is 2. The van der Waals surface area contributed by atoms with Gasteiger partial charge in [-0.25, -0.2) is 4.98 Å². The maximum absolute atomic E-state index is 5.29. The highest BCUT2D eigenvalue weighted by Crippen LogP contribution is 2.09. The molecule has 0 saturated carbocycles. The monoisotopic (exact) mass is 252 g/mol. The second-order valence-corrected chi connectivity index (χ2v) is 4.12. The van der Waals surface area contributed by atoms with Gasteiger partial charge in [0, 0.05) is 38.1 Å². The largest absolute Gasteiger partial charge is 0.382 e. The lowest BCUT2D eigenvalue weighted by atomic mass is 10.4. The fraction of sp³-hybridized carbons (Fsp3) is 0.692. The summed E-state index contributed by atoms with van der Waals surface area (Å²) in [4.78, 5) is 8.76. The normalized spacial score (nSPS) is 10.4. The Labute approximate surface area is 109 Å². The Balaban J connectivity index is 2.41. The number of hydrogen-bond acceptors (Lipinski definition) is 5. The molecule has 0 aliphatic rings. The molecule has 102 valence electrons. The first-order valence-electron chi connectivity index (χ1n) is 6.67. The minimum atomic E-state index is 0.698. The van der Waals surface area contributed by atoms with Crippen LogP contribution in [0.5, 0.6) is 0 Å². The molecule has 0 radical (unpaired) electrons. The molecule has 0 bridgehead atoms. The van der Waals surface area contributed by atoms with E-state index in [0.717, 1.165) is 50.7 Å². The summed E-state index contributed by atoms with van der Waals surface area (Å²) in [5.41, 5.74) is 0.968. The zero-order valence-electron chi connectivity index (χ0n) is 11.6. The number of anilines is 2. The molecule has 0 aliphatic carbocycles. The molecule has 5 nitrogen and oxygen atoms in total. The van der Waals surface area contributed by atoms with E-state index < -0.39 is 0 Å². The minimum Gasteiger partial charge on any atom is -0.382 e. The SMILES string of the molecule is CCCNc1nc(C)cc(NCCCOCC)n1. The lowest BCUT2D eigenvalue weighted by molar-refractivity contribution is 0.147. The van der Waals surface area contributed by atoms with E-state index in [2.05, 4.69) is 27.5 Å². The second kappa shape index (κ2) is 8.69. The van der Waals surface area contributed by atoms with Crippen molar-refractivity contribution in [1.82, 2.24) is 9.97 Å². The van der Waals surface area contributed by atoms with Crippen LogP contribution in [0.3, 0.4) is 0 Å². The van der Waals surface area contributed by atoms with Gasteiger partial charge in [0.05, 0.1) is 0 Å². The van der Waals surface area contributed by atoms with Crippen LogP contribution in [-0.4, -0.2) is 36.3 Å². The molecular formula is C13H24N4O. The van der Waals surface area contributed by atoms with E-state index in [0.29, 0.717) is 5.95 Å². The van der Waals surface area contributed by atoms with Crippen molar-refractivity contribution in [1.29, 1.82) is 0 Å². The molecule has 0 fully saturated rings. The van der Waals surface area contributed by atoms with Crippen molar-refractivity contribution in [2.45, 2.75) is 33.6 Å². The Bertz CT molecular complexity index is 344. The first-order chi connectivity index (χ1) is 8.76. The van der Waals surface area contributed by atoms with Crippen LogP contribution < -0.4 is 10.6 Å². The molecule has 0 amide bonds. The van der Waals surface area contributed by atoms with Crippen molar-refractivity contribution < 1.29 is 4.74 Å². The fourth-order valence-corrected chi connectivity index (χ4v) is 1.51. The summed E-state index contributed by atoms with van der Waals surface area (Å²) in [6.45, 7) is 9.43. The summed E-state index contributed by atoms with van der Waals surface area (Å²) in [5, 5.41) is 6.49. The number of nitrogens with zero attached hydrogens (tertiary/aromatic N) is 2. The number of aryl methyl sites for hydroxylation is 1. The predicted octanol–water partition coefficient (Wildman–Crippen LogP) is 2.45. The van der Waals surface area contributed by atoms with Crippen molar-refractivity contribution >= 4 is 11.8 Å². The van der Waals surface area contributed by atoms with Gasteiger partial charge < -0.3 is 15.4 Å². The summed E-state index contributed by atoms with van der Waals surface area (Å²) in [6, 6.07) is 1.96. The molecule has 1 heterocycles. The van der Waals surface area contributed by atoms with E-state index in [4.69, 9.17) is 4.74 Å². The summed E-state index contributed by atoms with van der Waals surface area (Å²) in [7, 11) is 0. The molecule has 0 saturated heterocycles. The van der Waals surface area contributed by atoms with Crippen molar-refractivity contribution in [3.8, 4) is 0 Å². The van der Waals surface area contributed by atoms with Gasteiger partial charge >= 0.3 is 0 Å². The highest BCUT2D eigenvalue weighted by Gasteiger charge is 2.00. The van der Waals surface area contributed by atoms with Crippen molar-refractivity contribution in [3.63, 3.8) is 0 Å². The van der Waals surface area contributed by atoms with Crippen LogP contribution in [0, 0.1) is 6.92 Å². The van der Waals surface area contributed by atoms with Crippen LogP contribution in [-0.2, 0) is 4.74 Å². The van der Waals surface area contributed by atoms with E-state index in [-0.39, 0.29) is 0 Å². The molecule has 0 spiro atoms. The van der Waals surface area contributed by atoms with E-state index in [1.807, 2.05) is 19.9 Å². The summed E-state index contributed by atoms with van der Waals surface area (Å²) >= 11 is 0. The highest BCUT2D eigenvalue weighted by molar-refractivity contribution is 5.41. The molecule has 0 aromatic carbocycles. The Hall–Kier alpha value is -1.36. The Kier molecular flexibility index (Phi) is 7.10. The fourth-order valence-electron chi connectivity index (χ4n) is 1.51. The third-order valence-electron chi connectivity index (χ3n) is 2.36. The molecular weight excluding hydrogens is 228 g/mol. The van der Waals surface area contributed by atoms with Gasteiger partial charge in [-0.1, -0.05) is 6.92 Å². The van der Waals surface area contributed by atoms with Gasteiger partial charge in [0.15, 0.2) is 0 Å². The lowest BCUT2D eigenvalue weighted by Gasteiger charge is -2.09. The number of hydrogen-bond donors (Lipinski definition) is 2. The molecule has 18 heavy (non-hydrogen) atoms. The van der Waals surface area contributed by atoms with Gasteiger partial charge in [-0.2, -0.15) is 4.98 Å². The van der Waals surface area contributed by atoms with Crippen molar-refractivity contribution in [2.24, 2.45) is 0 Å². The van der Waals surface area contributed by atoms with Crippen LogP contribution in [0.25, 0.3) is 0 Å².